The first-order valence-corrected chi connectivity index (χ1v) is 5.73. The molecule has 1 N–H and O–H groups in total. The molecular formula is C11H19NO2. The SMILES string of the molecule is O=C(OCC1CCCC1)C1CCNC1. The number of esters is 1. The Bertz CT molecular complexity index is 193. The summed E-state index contributed by atoms with van der Waals surface area (Å²) in [7, 11) is 0. The molecule has 1 aliphatic heterocycles. The third-order valence-corrected chi connectivity index (χ3v) is 3.33. The maximum Gasteiger partial charge on any atom is 0.310 e. The van der Waals surface area contributed by atoms with Gasteiger partial charge in [-0.05, 0) is 31.7 Å². The lowest BCUT2D eigenvalue weighted by Crippen LogP contribution is -2.22. The van der Waals surface area contributed by atoms with Crippen molar-refractivity contribution in [3.05, 3.63) is 0 Å². The van der Waals surface area contributed by atoms with Gasteiger partial charge in [-0.3, -0.25) is 4.79 Å². The predicted octanol–water partition coefficient (Wildman–Crippen LogP) is 1.33. The van der Waals surface area contributed by atoms with Crippen LogP contribution in [0.15, 0.2) is 0 Å². The third kappa shape index (κ3) is 2.47. The van der Waals surface area contributed by atoms with E-state index in [9.17, 15) is 4.79 Å². The second kappa shape index (κ2) is 4.78. The van der Waals surface area contributed by atoms with Crippen LogP contribution in [0.2, 0.25) is 0 Å². The van der Waals surface area contributed by atoms with E-state index in [-0.39, 0.29) is 11.9 Å². The van der Waals surface area contributed by atoms with Crippen LogP contribution in [-0.4, -0.2) is 25.7 Å². The van der Waals surface area contributed by atoms with Gasteiger partial charge in [0.25, 0.3) is 0 Å². The first kappa shape index (κ1) is 9.97. The Morgan fingerprint density at radius 3 is 2.71 bits per heavy atom. The van der Waals surface area contributed by atoms with Gasteiger partial charge in [-0.15, -0.1) is 0 Å². The minimum absolute atomic E-state index is 0.0156. The Kier molecular flexibility index (Phi) is 3.40. The maximum absolute atomic E-state index is 11.5. The molecule has 0 aromatic heterocycles. The lowest BCUT2D eigenvalue weighted by atomic mass is 10.1. The molecule has 0 amide bonds. The Morgan fingerprint density at radius 2 is 2.07 bits per heavy atom. The molecule has 1 atom stereocenters. The maximum atomic E-state index is 11.5. The van der Waals surface area contributed by atoms with Crippen molar-refractivity contribution in [2.24, 2.45) is 11.8 Å². The van der Waals surface area contributed by atoms with Crippen LogP contribution in [0.25, 0.3) is 0 Å². The summed E-state index contributed by atoms with van der Waals surface area (Å²) in [5, 5.41) is 3.18. The second-order valence-corrected chi connectivity index (χ2v) is 4.47. The summed E-state index contributed by atoms with van der Waals surface area (Å²) < 4.78 is 5.33. The van der Waals surface area contributed by atoms with Crippen LogP contribution >= 0.6 is 0 Å². The summed E-state index contributed by atoms with van der Waals surface area (Å²) in [5.41, 5.74) is 0. The minimum Gasteiger partial charge on any atom is -0.465 e. The summed E-state index contributed by atoms with van der Waals surface area (Å²) in [6, 6.07) is 0. The van der Waals surface area contributed by atoms with Gasteiger partial charge in [0.05, 0.1) is 12.5 Å². The highest BCUT2D eigenvalue weighted by atomic mass is 16.5. The molecule has 0 spiro atoms. The number of carbonyl (C=O) groups is 1. The van der Waals surface area contributed by atoms with E-state index in [0.717, 1.165) is 19.5 Å². The van der Waals surface area contributed by atoms with E-state index in [1.165, 1.54) is 25.7 Å². The molecule has 2 fully saturated rings. The molecule has 1 heterocycles. The minimum atomic E-state index is 0.0156. The zero-order valence-corrected chi connectivity index (χ0v) is 8.63. The summed E-state index contributed by atoms with van der Waals surface area (Å²) in [6.07, 6.45) is 6.07. The molecule has 2 rings (SSSR count). The summed E-state index contributed by atoms with van der Waals surface area (Å²) in [6.45, 7) is 2.43. The standard InChI is InChI=1S/C11H19NO2/c13-11(10-5-6-12-7-10)14-8-9-3-1-2-4-9/h9-10,12H,1-8H2. The quantitative estimate of drug-likeness (QED) is 0.694. The van der Waals surface area contributed by atoms with Gasteiger partial charge >= 0.3 is 5.97 Å². The fourth-order valence-corrected chi connectivity index (χ4v) is 2.35. The summed E-state index contributed by atoms with van der Waals surface area (Å²) in [4.78, 5) is 11.5. The van der Waals surface area contributed by atoms with Gasteiger partial charge in [0.2, 0.25) is 0 Å². The molecule has 0 aromatic rings. The molecule has 3 nitrogen and oxygen atoms in total. The van der Waals surface area contributed by atoms with Gasteiger partial charge in [0.1, 0.15) is 0 Å². The molecule has 0 aromatic carbocycles. The number of carbonyl (C=O) groups excluding carboxylic acids is 1. The fourth-order valence-electron chi connectivity index (χ4n) is 2.35. The predicted molar refractivity (Wildman–Crippen MR) is 53.9 cm³/mol. The zero-order valence-electron chi connectivity index (χ0n) is 8.63. The normalized spacial score (nSPS) is 28.1. The van der Waals surface area contributed by atoms with E-state index in [2.05, 4.69) is 5.32 Å². The topological polar surface area (TPSA) is 38.3 Å². The Labute approximate surface area is 85.2 Å². The number of ether oxygens (including phenoxy) is 1. The van der Waals surface area contributed by atoms with Crippen molar-refractivity contribution >= 4 is 5.97 Å². The van der Waals surface area contributed by atoms with Crippen LogP contribution < -0.4 is 5.32 Å². The highest BCUT2D eigenvalue weighted by molar-refractivity contribution is 5.73. The Hall–Kier alpha value is -0.570. The average Bonchev–Trinajstić information content (AvgIpc) is 2.87. The van der Waals surface area contributed by atoms with E-state index >= 15 is 0 Å². The van der Waals surface area contributed by atoms with Gasteiger partial charge < -0.3 is 10.1 Å². The monoisotopic (exact) mass is 197 g/mol. The lowest BCUT2D eigenvalue weighted by Gasteiger charge is -2.12. The molecule has 14 heavy (non-hydrogen) atoms. The van der Waals surface area contributed by atoms with Crippen molar-refractivity contribution in [1.29, 1.82) is 0 Å². The van der Waals surface area contributed by atoms with Crippen molar-refractivity contribution in [2.45, 2.75) is 32.1 Å². The van der Waals surface area contributed by atoms with Gasteiger partial charge in [-0.25, -0.2) is 0 Å². The van der Waals surface area contributed by atoms with Crippen LogP contribution in [-0.2, 0) is 9.53 Å². The Morgan fingerprint density at radius 1 is 1.29 bits per heavy atom. The van der Waals surface area contributed by atoms with Crippen LogP contribution in [0.3, 0.4) is 0 Å². The van der Waals surface area contributed by atoms with Crippen molar-refractivity contribution in [1.82, 2.24) is 5.32 Å². The molecule has 2 aliphatic rings. The highest BCUT2D eigenvalue weighted by Gasteiger charge is 2.25. The van der Waals surface area contributed by atoms with Crippen molar-refractivity contribution < 1.29 is 9.53 Å². The van der Waals surface area contributed by atoms with Crippen molar-refractivity contribution in [2.75, 3.05) is 19.7 Å². The molecule has 1 saturated heterocycles. The molecular weight excluding hydrogens is 178 g/mol. The van der Waals surface area contributed by atoms with Gasteiger partial charge in [0, 0.05) is 6.54 Å². The first-order valence-electron chi connectivity index (χ1n) is 5.73. The van der Waals surface area contributed by atoms with Gasteiger partial charge in [-0.1, -0.05) is 12.8 Å². The van der Waals surface area contributed by atoms with E-state index < -0.39 is 0 Å². The largest absolute Gasteiger partial charge is 0.465 e. The average molecular weight is 197 g/mol. The molecule has 0 bridgehead atoms. The third-order valence-electron chi connectivity index (χ3n) is 3.33. The summed E-state index contributed by atoms with van der Waals surface area (Å²) >= 11 is 0. The van der Waals surface area contributed by atoms with Crippen LogP contribution in [0.1, 0.15) is 32.1 Å². The van der Waals surface area contributed by atoms with Crippen molar-refractivity contribution in [3.63, 3.8) is 0 Å². The molecule has 80 valence electrons. The fraction of sp³-hybridized carbons (Fsp3) is 0.909. The van der Waals surface area contributed by atoms with E-state index in [0.29, 0.717) is 12.5 Å². The number of hydrogen-bond acceptors (Lipinski definition) is 3. The first-order chi connectivity index (χ1) is 6.86. The molecule has 1 saturated carbocycles. The van der Waals surface area contributed by atoms with E-state index in [1.54, 1.807) is 0 Å². The Balaban J connectivity index is 1.66. The molecule has 1 aliphatic carbocycles. The molecule has 1 unspecified atom stereocenters. The number of nitrogens with one attached hydrogen (secondary N) is 1. The second-order valence-electron chi connectivity index (χ2n) is 4.47. The molecule has 3 heteroatoms. The van der Waals surface area contributed by atoms with Crippen LogP contribution in [0.5, 0.6) is 0 Å². The smallest absolute Gasteiger partial charge is 0.310 e. The van der Waals surface area contributed by atoms with E-state index in [4.69, 9.17) is 4.74 Å². The van der Waals surface area contributed by atoms with Gasteiger partial charge in [-0.2, -0.15) is 0 Å². The summed E-state index contributed by atoms with van der Waals surface area (Å²) in [5.74, 6) is 0.784. The van der Waals surface area contributed by atoms with Crippen LogP contribution in [0, 0.1) is 11.8 Å². The highest BCUT2D eigenvalue weighted by Crippen LogP contribution is 2.25. The van der Waals surface area contributed by atoms with E-state index in [1.807, 2.05) is 0 Å². The van der Waals surface area contributed by atoms with Gasteiger partial charge in [0.15, 0.2) is 0 Å². The number of hydrogen-bond donors (Lipinski definition) is 1. The molecule has 0 radical (unpaired) electrons. The number of rotatable bonds is 3. The van der Waals surface area contributed by atoms with Crippen LogP contribution in [0.4, 0.5) is 0 Å². The van der Waals surface area contributed by atoms with Crippen molar-refractivity contribution in [3.8, 4) is 0 Å². The lowest BCUT2D eigenvalue weighted by molar-refractivity contribution is -0.149. The zero-order chi connectivity index (χ0) is 9.80.